The molecule has 7 heteroatoms. The van der Waals surface area contributed by atoms with Crippen molar-refractivity contribution in [2.24, 2.45) is 0 Å². The van der Waals surface area contributed by atoms with Gasteiger partial charge in [-0.1, -0.05) is 23.4 Å². The van der Waals surface area contributed by atoms with Crippen LogP contribution in [-0.2, 0) is 0 Å². The van der Waals surface area contributed by atoms with Gasteiger partial charge in [0.05, 0.1) is 16.0 Å². The minimum atomic E-state index is -0.419. The fourth-order valence-electron chi connectivity index (χ4n) is 1.75. The van der Waals surface area contributed by atoms with Gasteiger partial charge in [0.25, 0.3) is 5.69 Å². The molecular formula is C13H8ClN3O2S. The second-order valence-electron chi connectivity index (χ2n) is 4.06. The summed E-state index contributed by atoms with van der Waals surface area (Å²) >= 11 is 7.32. The second kappa shape index (κ2) is 5.15. The van der Waals surface area contributed by atoms with E-state index in [2.05, 4.69) is 9.97 Å². The van der Waals surface area contributed by atoms with Gasteiger partial charge in [-0.3, -0.25) is 10.1 Å². The summed E-state index contributed by atoms with van der Waals surface area (Å²) in [5, 5.41) is 12.0. The maximum Gasteiger partial charge on any atom is 0.269 e. The Hall–Kier alpha value is -2.05. The van der Waals surface area contributed by atoms with E-state index >= 15 is 0 Å². The Morgan fingerprint density at radius 2 is 1.95 bits per heavy atom. The molecule has 5 nitrogen and oxygen atoms in total. The number of fused-ring (bicyclic) bond motifs is 1. The summed E-state index contributed by atoms with van der Waals surface area (Å²) in [6.45, 7) is 0. The number of nitrogens with zero attached hydrogens (tertiary/aromatic N) is 2. The van der Waals surface area contributed by atoms with Gasteiger partial charge < -0.3 is 4.98 Å². The highest BCUT2D eigenvalue weighted by atomic mass is 35.5. The number of hydrogen-bond acceptors (Lipinski definition) is 4. The number of benzene rings is 2. The maximum absolute atomic E-state index is 10.6. The summed E-state index contributed by atoms with van der Waals surface area (Å²) < 4.78 is 0. The van der Waals surface area contributed by atoms with Crippen LogP contribution < -0.4 is 0 Å². The molecule has 0 spiro atoms. The van der Waals surface area contributed by atoms with Gasteiger partial charge in [-0.15, -0.1) is 0 Å². The van der Waals surface area contributed by atoms with E-state index in [4.69, 9.17) is 11.6 Å². The fraction of sp³-hybridized carbons (Fsp3) is 0. The lowest BCUT2D eigenvalue weighted by molar-refractivity contribution is -0.384. The zero-order valence-corrected chi connectivity index (χ0v) is 11.6. The number of aromatic nitrogens is 2. The number of H-pyrrole nitrogens is 1. The normalized spacial score (nSPS) is 10.8. The molecule has 0 aliphatic carbocycles. The van der Waals surface area contributed by atoms with Crippen molar-refractivity contribution >= 4 is 40.1 Å². The number of nitro benzene ring substituents is 1. The summed E-state index contributed by atoms with van der Waals surface area (Å²) in [5.41, 5.74) is 1.77. The highest BCUT2D eigenvalue weighted by Crippen LogP contribution is 2.29. The molecule has 0 saturated heterocycles. The lowest BCUT2D eigenvalue weighted by Crippen LogP contribution is -1.86. The third-order valence-corrected chi connectivity index (χ3v) is 3.81. The number of aromatic amines is 1. The molecule has 1 aromatic heterocycles. The van der Waals surface area contributed by atoms with E-state index in [0.29, 0.717) is 5.02 Å². The van der Waals surface area contributed by atoms with E-state index < -0.39 is 4.92 Å². The summed E-state index contributed by atoms with van der Waals surface area (Å²) in [4.78, 5) is 18.6. The number of rotatable bonds is 3. The lowest BCUT2D eigenvalue weighted by Gasteiger charge is -1.97. The molecule has 0 saturated carbocycles. The van der Waals surface area contributed by atoms with Crippen molar-refractivity contribution in [3.8, 4) is 0 Å². The van der Waals surface area contributed by atoms with Crippen molar-refractivity contribution in [3.63, 3.8) is 0 Å². The van der Waals surface area contributed by atoms with Crippen LogP contribution in [0.3, 0.4) is 0 Å². The van der Waals surface area contributed by atoms with Gasteiger partial charge in [0.2, 0.25) is 0 Å². The van der Waals surface area contributed by atoms with Gasteiger partial charge >= 0.3 is 0 Å². The summed E-state index contributed by atoms with van der Waals surface area (Å²) in [6, 6.07) is 11.8. The van der Waals surface area contributed by atoms with Crippen LogP contribution in [0.4, 0.5) is 5.69 Å². The van der Waals surface area contributed by atoms with Crippen molar-refractivity contribution in [2.45, 2.75) is 10.1 Å². The predicted octanol–water partition coefficient (Wildman–Crippen LogP) is 4.28. The van der Waals surface area contributed by atoms with Crippen molar-refractivity contribution in [1.29, 1.82) is 0 Å². The molecule has 2 aromatic carbocycles. The van der Waals surface area contributed by atoms with Crippen molar-refractivity contribution in [2.75, 3.05) is 0 Å². The summed E-state index contributed by atoms with van der Waals surface area (Å²) in [5.74, 6) is 0. The van der Waals surface area contributed by atoms with Crippen molar-refractivity contribution in [3.05, 3.63) is 57.6 Å². The zero-order valence-electron chi connectivity index (χ0n) is 10.0. The minimum absolute atomic E-state index is 0.0748. The molecule has 0 unspecified atom stereocenters. The Bertz CT molecular complexity index is 786. The smallest absolute Gasteiger partial charge is 0.269 e. The van der Waals surface area contributed by atoms with Crippen LogP contribution in [0.2, 0.25) is 5.02 Å². The number of hydrogen-bond donors (Lipinski definition) is 1. The molecule has 100 valence electrons. The molecule has 3 aromatic rings. The first-order valence-corrected chi connectivity index (χ1v) is 6.89. The third kappa shape index (κ3) is 2.61. The molecular weight excluding hydrogens is 298 g/mol. The highest BCUT2D eigenvalue weighted by Gasteiger charge is 2.08. The standard InChI is InChI=1S/C13H8ClN3O2S/c14-8-1-6-11-12(7-8)16-13(15-11)20-10-4-2-9(3-5-10)17(18)19/h1-7H,(H,15,16). The average molecular weight is 306 g/mol. The minimum Gasteiger partial charge on any atom is -0.333 e. The quantitative estimate of drug-likeness (QED) is 0.579. The Labute approximate surface area is 123 Å². The van der Waals surface area contributed by atoms with Crippen LogP contribution in [-0.4, -0.2) is 14.9 Å². The molecule has 0 bridgehead atoms. The third-order valence-electron chi connectivity index (χ3n) is 2.68. The maximum atomic E-state index is 10.6. The molecule has 0 radical (unpaired) electrons. The number of non-ortho nitro benzene ring substituents is 1. The van der Waals surface area contributed by atoms with E-state index in [1.54, 1.807) is 18.2 Å². The topological polar surface area (TPSA) is 71.8 Å². The molecule has 0 aliphatic rings. The van der Waals surface area contributed by atoms with Crippen LogP contribution in [0.25, 0.3) is 11.0 Å². The predicted molar refractivity (Wildman–Crippen MR) is 78.3 cm³/mol. The van der Waals surface area contributed by atoms with Crippen LogP contribution in [0.15, 0.2) is 52.5 Å². The average Bonchev–Trinajstić information content (AvgIpc) is 2.80. The fourth-order valence-corrected chi connectivity index (χ4v) is 2.73. The van der Waals surface area contributed by atoms with E-state index in [1.807, 2.05) is 12.1 Å². The highest BCUT2D eigenvalue weighted by molar-refractivity contribution is 7.99. The van der Waals surface area contributed by atoms with Crippen molar-refractivity contribution < 1.29 is 4.92 Å². The van der Waals surface area contributed by atoms with Gasteiger partial charge in [0.15, 0.2) is 5.16 Å². The Balaban J connectivity index is 1.87. The number of halogens is 1. The van der Waals surface area contributed by atoms with Gasteiger partial charge in [0, 0.05) is 22.1 Å². The molecule has 20 heavy (non-hydrogen) atoms. The first-order valence-electron chi connectivity index (χ1n) is 5.69. The molecule has 0 fully saturated rings. The number of nitrogens with one attached hydrogen (secondary N) is 1. The Kier molecular flexibility index (Phi) is 3.33. The second-order valence-corrected chi connectivity index (χ2v) is 5.56. The van der Waals surface area contributed by atoms with Gasteiger partial charge in [0.1, 0.15) is 0 Å². The largest absolute Gasteiger partial charge is 0.333 e. The van der Waals surface area contributed by atoms with E-state index in [0.717, 1.165) is 21.1 Å². The van der Waals surface area contributed by atoms with E-state index in [-0.39, 0.29) is 5.69 Å². The molecule has 0 amide bonds. The van der Waals surface area contributed by atoms with Gasteiger partial charge in [-0.05, 0) is 30.3 Å². The number of imidazole rings is 1. The van der Waals surface area contributed by atoms with Crippen molar-refractivity contribution in [1.82, 2.24) is 9.97 Å². The first kappa shape index (κ1) is 13.0. The Morgan fingerprint density at radius 3 is 2.65 bits per heavy atom. The lowest BCUT2D eigenvalue weighted by atomic mass is 10.3. The first-order chi connectivity index (χ1) is 9.61. The van der Waals surface area contributed by atoms with Crippen LogP contribution >= 0.6 is 23.4 Å². The SMILES string of the molecule is O=[N+]([O-])c1ccc(Sc2nc3ccc(Cl)cc3[nH]2)cc1. The number of nitro groups is 1. The van der Waals surface area contributed by atoms with Crippen LogP contribution in [0, 0.1) is 10.1 Å². The molecule has 0 aliphatic heterocycles. The van der Waals surface area contributed by atoms with Crippen LogP contribution in [0.1, 0.15) is 0 Å². The molecule has 0 atom stereocenters. The van der Waals surface area contributed by atoms with E-state index in [1.165, 1.54) is 23.9 Å². The summed E-state index contributed by atoms with van der Waals surface area (Å²) in [6.07, 6.45) is 0. The molecule has 1 heterocycles. The van der Waals surface area contributed by atoms with E-state index in [9.17, 15) is 10.1 Å². The Morgan fingerprint density at radius 1 is 1.20 bits per heavy atom. The van der Waals surface area contributed by atoms with Gasteiger partial charge in [-0.25, -0.2) is 4.98 Å². The molecule has 1 N–H and O–H groups in total. The van der Waals surface area contributed by atoms with Gasteiger partial charge in [-0.2, -0.15) is 0 Å². The summed E-state index contributed by atoms with van der Waals surface area (Å²) in [7, 11) is 0. The monoisotopic (exact) mass is 305 g/mol. The molecule has 3 rings (SSSR count). The zero-order chi connectivity index (χ0) is 14.1. The van der Waals surface area contributed by atoms with Crippen LogP contribution in [0.5, 0.6) is 0 Å².